The third-order valence-electron chi connectivity index (χ3n) is 1.90. The Balaban J connectivity index is 2.57. The molecule has 78 valence electrons. The van der Waals surface area contributed by atoms with Crippen LogP contribution < -0.4 is 11.1 Å². The number of carbonyl (C=O) groups excluding carboxylic acids is 1. The number of hydrogen-bond donors (Lipinski definition) is 2. The summed E-state index contributed by atoms with van der Waals surface area (Å²) in [4.78, 5) is 11.4. The Hall–Kier alpha value is -1.36. The SMILES string of the molecule is Cc1cc(NC(=O)[C@@H](N)C(C)C)on1. The molecule has 0 unspecified atom stereocenters. The van der Waals surface area contributed by atoms with Gasteiger partial charge < -0.3 is 10.3 Å². The lowest BCUT2D eigenvalue weighted by Crippen LogP contribution is -2.39. The summed E-state index contributed by atoms with van der Waals surface area (Å²) in [6.45, 7) is 5.55. The lowest BCUT2D eigenvalue weighted by Gasteiger charge is -2.13. The molecule has 0 spiro atoms. The zero-order valence-corrected chi connectivity index (χ0v) is 8.57. The molecule has 1 heterocycles. The molecule has 0 aliphatic heterocycles. The molecule has 0 bridgehead atoms. The van der Waals surface area contributed by atoms with Gasteiger partial charge in [-0.2, -0.15) is 0 Å². The van der Waals surface area contributed by atoms with E-state index in [1.54, 1.807) is 13.0 Å². The van der Waals surface area contributed by atoms with Crippen molar-refractivity contribution in [1.29, 1.82) is 0 Å². The van der Waals surface area contributed by atoms with Crippen LogP contribution in [0.25, 0.3) is 0 Å². The fourth-order valence-electron chi connectivity index (χ4n) is 0.930. The van der Waals surface area contributed by atoms with Gasteiger partial charge in [-0.05, 0) is 12.8 Å². The third-order valence-corrected chi connectivity index (χ3v) is 1.90. The number of anilines is 1. The van der Waals surface area contributed by atoms with Crippen LogP contribution in [-0.2, 0) is 4.79 Å². The summed E-state index contributed by atoms with van der Waals surface area (Å²) in [6.07, 6.45) is 0. The second kappa shape index (κ2) is 4.23. The van der Waals surface area contributed by atoms with Gasteiger partial charge in [0.25, 0.3) is 0 Å². The van der Waals surface area contributed by atoms with Gasteiger partial charge in [0, 0.05) is 6.07 Å². The number of carbonyl (C=O) groups is 1. The van der Waals surface area contributed by atoms with Gasteiger partial charge in [0.2, 0.25) is 11.8 Å². The number of amides is 1. The molecule has 1 aromatic heterocycles. The van der Waals surface area contributed by atoms with Crippen LogP contribution in [0.4, 0.5) is 5.88 Å². The van der Waals surface area contributed by atoms with Crippen molar-refractivity contribution in [3.05, 3.63) is 11.8 Å². The van der Waals surface area contributed by atoms with Gasteiger partial charge in [0.15, 0.2) is 0 Å². The Kier molecular flexibility index (Phi) is 3.24. The Labute approximate surface area is 82.6 Å². The molecular weight excluding hydrogens is 182 g/mol. The summed E-state index contributed by atoms with van der Waals surface area (Å²) >= 11 is 0. The number of nitrogens with zero attached hydrogens (tertiary/aromatic N) is 1. The summed E-state index contributed by atoms with van der Waals surface area (Å²) in [5, 5.41) is 6.19. The lowest BCUT2D eigenvalue weighted by molar-refractivity contribution is -0.118. The predicted molar refractivity (Wildman–Crippen MR) is 52.7 cm³/mol. The highest BCUT2D eigenvalue weighted by molar-refractivity contribution is 5.93. The van der Waals surface area contributed by atoms with Crippen molar-refractivity contribution in [2.24, 2.45) is 11.7 Å². The molecule has 0 saturated heterocycles. The summed E-state index contributed by atoms with van der Waals surface area (Å²) in [5.41, 5.74) is 6.36. The average Bonchev–Trinajstić information content (AvgIpc) is 2.49. The molecule has 0 radical (unpaired) electrons. The second-order valence-corrected chi connectivity index (χ2v) is 3.59. The highest BCUT2D eigenvalue weighted by Gasteiger charge is 2.18. The van der Waals surface area contributed by atoms with Gasteiger partial charge in [-0.3, -0.25) is 10.1 Å². The quantitative estimate of drug-likeness (QED) is 0.754. The first kappa shape index (κ1) is 10.7. The van der Waals surface area contributed by atoms with E-state index in [1.165, 1.54) is 0 Å². The molecule has 0 aliphatic rings. The molecule has 1 aromatic rings. The van der Waals surface area contributed by atoms with Gasteiger partial charge in [-0.25, -0.2) is 0 Å². The molecule has 5 heteroatoms. The smallest absolute Gasteiger partial charge is 0.243 e. The van der Waals surface area contributed by atoms with Crippen molar-refractivity contribution in [2.75, 3.05) is 5.32 Å². The second-order valence-electron chi connectivity index (χ2n) is 3.59. The van der Waals surface area contributed by atoms with Crippen LogP contribution in [0.3, 0.4) is 0 Å². The normalized spacial score (nSPS) is 12.9. The first-order chi connectivity index (χ1) is 6.50. The van der Waals surface area contributed by atoms with Gasteiger partial charge >= 0.3 is 0 Å². The summed E-state index contributed by atoms with van der Waals surface area (Å²) in [6, 6.07) is 1.12. The Bertz CT molecular complexity index is 320. The first-order valence-corrected chi connectivity index (χ1v) is 4.50. The lowest BCUT2D eigenvalue weighted by atomic mass is 10.1. The fourth-order valence-corrected chi connectivity index (χ4v) is 0.930. The number of aryl methyl sites for hydroxylation is 1. The summed E-state index contributed by atoms with van der Waals surface area (Å²) in [7, 11) is 0. The van der Waals surface area contributed by atoms with E-state index in [1.807, 2.05) is 13.8 Å². The maximum Gasteiger partial charge on any atom is 0.243 e. The Morgan fingerprint density at radius 3 is 2.71 bits per heavy atom. The van der Waals surface area contributed by atoms with E-state index in [4.69, 9.17) is 10.3 Å². The van der Waals surface area contributed by atoms with Crippen molar-refractivity contribution >= 4 is 11.8 Å². The molecule has 5 nitrogen and oxygen atoms in total. The highest BCUT2D eigenvalue weighted by atomic mass is 16.5. The van der Waals surface area contributed by atoms with Crippen LogP contribution in [0.5, 0.6) is 0 Å². The van der Waals surface area contributed by atoms with E-state index < -0.39 is 6.04 Å². The zero-order valence-electron chi connectivity index (χ0n) is 8.57. The average molecular weight is 197 g/mol. The van der Waals surface area contributed by atoms with E-state index in [0.717, 1.165) is 5.69 Å². The van der Waals surface area contributed by atoms with Crippen molar-refractivity contribution < 1.29 is 9.32 Å². The maximum atomic E-state index is 11.4. The van der Waals surface area contributed by atoms with Crippen LogP contribution in [0, 0.1) is 12.8 Å². The zero-order chi connectivity index (χ0) is 10.7. The molecule has 0 saturated carbocycles. The summed E-state index contributed by atoms with van der Waals surface area (Å²) in [5.74, 6) is 0.179. The van der Waals surface area contributed by atoms with Crippen molar-refractivity contribution in [3.63, 3.8) is 0 Å². The molecule has 1 amide bonds. The minimum Gasteiger partial charge on any atom is -0.338 e. The monoisotopic (exact) mass is 197 g/mol. The highest BCUT2D eigenvalue weighted by Crippen LogP contribution is 2.09. The van der Waals surface area contributed by atoms with Gasteiger partial charge in [-0.15, -0.1) is 0 Å². The van der Waals surface area contributed by atoms with Gasteiger partial charge in [0.05, 0.1) is 11.7 Å². The van der Waals surface area contributed by atoms with E-state index in [0.29, 0.717) is 5.88 Å². The predicted octanol–water partition coefficient (Wildman–Crippen LogP) is 0.905. The number of nitrogens with two attached hydrogens (primary N) is 1. The molecule has 1 rings (SSSR count). The van der Waals surface area contributed by atoms with Crippen LogP contribution in [0.2, 0.25) is 0 Å². The van der Waals surface area contributed by atoms with Crippen LogP contribution in [0.15, 0.2) is 10.6 Å². The minimum absolute atomic E-state index is 0.0963. The largest absolute Gasteiger partial charge is 0.338 e. The third kappa shape index (κ3) is 2.56. The number of nitrogens with one attached hydrogen (secondary N) is 1. The fraction of sp³-hybridized carbons (Fsp3) is 0.556. The van der Waals surface area contributed by atoms with Crippen LogP contribution >= 0.6 is 0 Å². The number of aromatic nitrogens is 1. The molecule has 0 aromatic carbocycles. The molecule has 0 fully saturated rings. The van der Waals surface area contributed by atoms with Gasteiger partial charge in [-0.1, -0.05) is 19.0 Å². The standard InChI is InChI=1S/C9H15N3O2/c1-5(2)8(10)9(13)11-7-4-6(3)12-14-7/h4-5,8H,10H2,1-3H3,(H,11,13)/t8-/m0/s1. The van der Waals surface area contributed by atoms with Crippen LogP contribution in [0.1, 0.15) is 19.5 Å². The number of rotatable bonds is 3. The maximum absolute atomic E-state index is 11.4. The van der Waals surface area contributed by atoms with Crippen molar-refractivity contribution in [3.8, 4) is 0 Å². The van der Waals surface area contributed by atoms with Crippen molar-refractivity contribution in [2.45, 2.75) is 26.8 Å². The van der Waals surface area contributed by atoms with E-state index in [-0.39, 0.29) is 11.8 Å². The summed E-state index contributed by atoms with van der Waals surface area (Å²) < 4.78 is 4.83. The number of hydrogen-bond acceptors (Lipinski definition) is 4. The molecule has 0 aliphatic carbocycles. The van der Waals surface area contributed by atoms with E-state index in [2.05, 4.69) is 10.5 Å². The Morgan fingerprint density at radius 2 is 2.29 bits per heavy atom. The first-order valence-electron chi connectivity index (χ1n) is 4.50. The molecule has 14 heavy (non-hydrogen) atoms. The van der Waals surface area contributed by atoms with Crippen molar-refractivity contribution in [1.82, 2.24) is 5.16 Å². The Morgan fingerprint density at radius 1 is 1.64 bits per heavy atom. The van der Waals surface area contributed by atoms with E-state index >= 15 is 0 Å². The minimum atomic E-state index is -0.527. The molecule has 1 atom stereocenters. The van der Waals surface area contributed by atoms with E-state index in [9.17, 15) is 4.79 Å². The topological polar surface area (TPSA) is 81.2 Å². The molecule has 3 N–H and O–H groups in total. The molecular formula is C9H15N3O2. The van der Waals surface area contributed by atoms with Gasteiger partial charge in [0.1, 0.15) is 0 Å². The van der Waals surface area contributed by atoms with Crippen LogP contribution in [-0.4, -0.2) is 17.1 Å².